The Kier molecular flexibility index (Phi) is 11.1. The van der Waals surface area contributed by atoms with Crippen molar-refractivity contribution in [2.24, 2.45) is 0 Å². The van der Waals surface area contributed by atoms with Crippen molar-refractivity contribution in [1.29, 1.82) is 0 Å². The molecule has 0 heterocycles. The third-order valence-electron chi connectivity index (χ3n) is 2.14. The molecule has 0 aliphatic heterocycles. The molecule has 22 heavy (non-hydrogen) atoms. The number of carbonyl (C=O) groups is 3. The molecule has 0 aromatic carbocycles. The van der Waals surface area contributed by atoms with Gasteiger partial charge in [0.05, 0.1) is 19.8 Å². The van der Waals surface area contributed by atoms with Crippen molar-refractivity contribution in [3.63, 3.8) is 0 Å². The molecule has 0 bridgehead atoms. The maximum Gasteiger partial charge on any atom is 0.407 e. The number of alkyl carbamates (subject to hydrolysis) is 1. The van der Waals surface area contributed by atoms with Crippen LogP contribution in [0, 0.1) is 0 Å². The molecule has 0 fully saturated rings. The van der Waals surface area contributed by atoms with Crippen LogP contribution in [-0.4, -0.2) is 57.5 Å². The number of rotatable bonds is 11. The molecular formula is C14H22N2O6. The SMILES string of the molecule is C=CC(=O)NCCOCCOC(=O)NCCOC(=O)C(=C)C. The van der Waals surface area contributed by atoms with Crippen molar-refractivity contribution in [2.45, 2.75) is 6.92 Å². The van der Waals surface area contributed by atoms with Gasteiger partial charge in [0.2, 0.25) is 5.91 Å². The first-order valence-corrected chi connectivity index (χ1v) is 6.68. The van der Waals surface area contributed by atoms with Crippen molar-refractivity contribution < 1.29 is 28.6 Å². The third-order valence-corrected chi connectivity index (χ3v) is 2.14. The lowest BCUT2D eigenvalue weighted by Crippen LogP contribution is -2.30. The number of hydrogen-bond donors (Lipinski definition) is 2. The second kappa shape index (κ2) is 12.4. The van der Waals surface area contributed by atoms with Gasteiger partial charge in [0.15, 0.2) is 0 Å². The van der Waals surface area contributed by atoms with Crippen LogP contribution in [-0.2, 0) is 23.8 Å². The molecule has 0 aromatic heterocycles. The Labute approximate surface area is 129 Å². The molecule has 0 rings (SSSR count). The van der Waals surface area contributed by atoms with Gasteiger partial charge in [-0.2, -0.15) is 0 Å². The number of amides is 2. The van der Waals surface area contributed by atoms with Gasteiger partial charge in [-0.15, -0.1) is 0 Å². The van der Waals surface area contributed by atoms with E-state index in [9.17, 15) is 14.4 Å². The molecular weight excluding hydrogens is 292 g/mol. The van der Waals surface area contributed by atoms with Gasteiger partial charge >= 0.3 is 12.1 Å². The van der Waals surface area contributed by atoms with Crippen LogP contribution in [0.3, 0.4) is 0 Å². The molecule has 0 spiro atoms. The minimum Gasteiger partial charge on any atom is -0.460 e. The summed E-state index contributed by atoms with van der Waals surface area (Å²) in [6.07, 6.45) is 0.538. The van der Waals surface area contributed by atoms with Gasteiger partial charge < -0.3 is 24.8 Å². The molecule has 2 N–H and O–H groups in total. The molecule has 0 saturated carbocycles. The van der Waals surface area contributed by atoms with E-state index in [4.69, 9.17) is 14.2 Å². The number of nitrogens with one attached hydrogen (secondary N) is 2. The molecule has 0 aliphatic carbocycles. The van der Waals surface area contributed by atoms with Gasteiger partial charge in [0, 0.05) is 12.1 Å². The minimum atomic E-state index is -0.630. The number of esters is 1. The summed E-state index contributed by atoms with van der Waals surface area (Å²) in [6, 6.07) is 0. The zero-order valence-electron chi connectivity index (χ0n) is 12.7. The smallest absolute Gasteiger partial charge is 0.407 e. The number of carbonyl (C=O) groups excluding carboxylic acids is 3. The first kappa shape index (κ1) is 19.7. The van der Waals surface area contributed by atoms with Crippen LogP contribution in [0.15, 0.2) is 24.8 Å². The predicted octanol–water partition coefficient (Wildman–Crippen LogP) is 0.151. The number of ether oxygens (including phenoxy) is 3. The summed E-state index contributed by atoms with van der Waals surface area (Å²) in [7, 11) is 0. The van der Waals surface area contributed by atoms with Crippen LogP contribution in [0.4, 0.5) is 4.79 Å². The van der Waals surface area contributed by atoms with Gasteiger partial charge in [-0.25, -0.2) is 9.59 Å². The van der Waals surface area contributed by atoms with Crippen LogP contribution >= 0.6 is 0 Å². The molecule has 0 atom stereocenters. The topological polar surface area (TPSA) is 103 Å². The highest BCUT2D eigenvalue weighted by Crippen LogP contribution is 1.90. The average molecular weight is 314 g/mol. The van der Waals surface area contributed by atoms with Gasteiger partial charge in [0.25, 0.3) is 0 Å². The van der Waals surface area contributed by atoms with Crippen molar-refractivity contribution >= 4 is 18.0 Å². The summed E-state index contributed by atoms with van der Waals surface area (Å²) in [4.78, 5) is 33.1. The summed E-state index contributed by atoms with van der Waals surface area (Å²) >= 11 is 0. The van der Waals surface area contributed by atoms with E-state index in [1.54, 1.807) is 0 Å². The molecule has 8 heteroatoms. The first-order valence-electron chi connectivity index (χ1n) is 6.68. The molecule has 0 radical (unpaired) electrons. The van der Waals surface area contributed by atoms with E-state index in [1.807, 2.05) is 0 Å². The molecule has 8 nitrogen and oxygen atoms in total. The Hall–Kier alpha value is -2.35. The van der Waals surface area contributed by atoms with Crippen LogP contribution in [0.5, 0.6) is 0 Å². The Morgan fingerprint density at radius 3 is 2.32 bits per heavy atom. The second-order valence-electron chi connectivity index (χ2n) is 4.09. The van der Waals surface area contributed by atoms with Crippen molar-refractivity contribution in [1.82, 2.24) is 10.6 Å². The lowest BCUT2D eigenvalue weighted by Gasteiger charge is -2.08. The minimum absolute atomic E-state index is 0.0420. The Morgan fingerprint density at radius 1 is 1.00 bits per heavy atom. The first-order chi connectivity index (χ1) is 10.5. The maximum absolute atomic E-state index is 11.2. The van der Waals surface area contributed by atoms with E-state index < -0.39 is 12.1 Å². The fourth-order valence-electron chi connectivity index (χ4n) is 1.08. The highest BCUT2D eigenvalue weighted by atomic mass is 16.6. The Balaban J connectivity index is 3.39. The van der Waals surface area contributed by atoms with Gasteiger partial charge in [-0.3, -0.25) is 4.79 Å². The molecule has 0 aromatic rings. The zero-order valence-corrected chi connectivity index (χ0v) is 12.7. The van der Waals surface area contributed by atoms with Crippen LogP contribution in [0.2, 0.25) is 0 Å². The van der Waals surface area contributed by atoms with Gasteiger partial charge in [0.1, 0.15) is 13.2 Å². The standard InChI is InChI=1S/C14H22N2O6/c1-4-12(17)15-5-7-20-9-10-22-14(19)16-6-8-21-13(18)11(2)3/h4H,1-2,5-10H2,3H3,(H,15,17)(H,16,19). The van der Waals surface area contributed by atoms with Crippen LogP contribution in [0.25, 0.3) is 0 Å². The maximum atomic E-state index is 11.2. The molecule has 124 valence electrons. The lowest BCUT2D eigenvalue weighted by atomic mass is 10.4. The van der Waals surface area contributed by atoms with Crippen molar-refractivity contribution in [2.75, 3.05) is 39.5 Å². The molecule has 0 saturated heterocycles. The Bertz CT molecular complexity index is 408. The van der Waals surface area contributed by atoms with E-state index in [0.29, 0.717) is 18.7 Å². The molecule has 0 unspecified atom stereocenters. The molecule has 2 amide bonds. The predicted molar refractivity (Wildman–Crippen MR) is 79.1 cm³/mol. The quantitative estimate of drug-likeness (QED) is 0.320. The largest absolute Gasteiger partial charge is 0.460 e. The summed E-state index contributed by atoms with van der Waals surface area (Å²) in [5, 5.41) is 4.94. The fraction of sp³-hybridized carbons (Fsp3) is 0.500. The van der Waals surface area contributed by atoms with E-state index >= 15 is 0 Å². The highest BCUT2D eigenvalue weighted by molar-refractivity contribution is 5.87. The summed E-state index contributed by atoms with van der Waals surface area (Å²) in [5.41, 5.74) is 0.295. The monoisotopic (exact) mass is 314 g/mol. The Morgan fingerprint density at radius 2 is 1.68 bits per heavy atom. The fourth-order valence-corrected chi connectivity index (χ4v) is 1.08. The number of hydrogen-bond acceptors (Lipinski definition) is 6. The van der Waals surface area contributed by atoms with Crippen molar-refractivity contribution in [3.05, 3.63) is 24.8 Å². The normalized spacial score (nSPS) is 9.50. The highest BCUT2D eigenvalue weighted by Gasteiger charge is 2.04. The average Bonchev–Trinajstić information content (AvgIpc) is 2.49. The van der Waals surface area contributed by atoms with Gasteiger partial charge in [-0.1, -0.05) is 13.2 Å². The van der Waals surface area contributed by atoms with Gasteiger partial charge in [-0.05, 0) is 13.0 Å². The molecule has 0 aliphatic rings. The van der Waals surface area contributed by atoms with E-state index in [1.165, 1.54) is 13.0 Å². The van der Waals surface area contributed by atoms with E-state index in [-0.39, 0.29) is 32.3 Å². The zero-order chi connectivity index (χ0) is 16.8. The third kappa shape index (κ3) is 11.5. The van der Waals surface area contributed by atoms with Crippen molar-refractivity contribution in [3.8, 4) is 0 Å². The van der Waals surface area contributed by atoms with Crippen LogP contribution in [0.1, 0.15) is 6.92 Å². The second-order valence-corrected chi connectivity index (χ2v) is 4.09. The summed E-state index contributed by atoms with van der Waals surface area (Å²) in [6.45, 7) is 9.40. The summed E-state index contributed by atoms with van der Waals surface area (Å²) in [5.74, 6) is -0.779. The van der Waals surface area contributed by atoms with E-state index in [2.05, 4.69) is 23.8 Å². The summed E-state index contributed by atoms with van der Waals surface area (Å²) < 4.78 is 14.7. The lowest BCUT2D eigenvalue weighted by molar-refractivity contribution is -0.138. The van der Waals surface area contributed by atoms with E-state index in [0.717, 1.165) is 0 Å². The van der Waals surface area contributed by atoms with Crippen LogP contribution < -0.4 is 10.6 Å².